The first-order chi connectivity index (χ1) is 3.93. The molecule has 4 nitrogen and oxygen atoms in total. The van der Waals surface area contributed by atoms with Crippen molar-refractivity contribution in [2.24, 2.45) is 0 Å². The lowest BCUT2D eigenvalue weighted by atomic mass is 10.8. The average molecular weight is 110 g/mol. The highest BCUT2D eigenvalue weighted by Crippen LogP contribution is 1.94. The molecule has 8 heavy (non-hydrogen) atoms. The Labute approximate surface area is 46.5 Å². The van der Waals surface area contributed by atoms with Crippen molar-refractivity contribution in [1.82, 2.24) is 15.2 Å². The maximum Gasteiger partial charge on any atom is 0.251 e. The van der Waals surface area contributed by atoms with Crippen molar-refractivity contribution >= 4 is 0 Å². The minimum Gasteiger partial charge on any atom is -0.479 e. The van der Waals surface area contributed by atoms with Gasteiger partial charge in [0.1, 0.15) is 0 Å². The molecule has 0 bridgehead atoms. The van der Waals surface area contributed by atoms with Crippen LogP contribution < -0.4 is 4.74 Å². The fraction of sp³-hybridized carbons (Fsp3) is 0.250. The number of aromatic nitrogens is 3. The van der Waals surface area contributed by atoms with Gasteiger partial charge < -0.3 is 4.74 Å². The number of nitrogens with zero attached hydrogens (tertiary/aromatic N) is 3. The van der Waals surface area contributed by atoms with E-state index in [0.717, 1.165) is 0 Å². The molecule has 0 atom stereocenters. The Morgan fingerprint density at radius 2 is 2.62 bits per heavy atom. The maximum atomic E-state index is 4.66. The van der Waals surface area contributed by atoms with E-state index in [2.05, 4.69) is 26.2 Å². The smallest absolute Gasteiger partial charge is 0.251 e. The van der Waals surface area contributed by atoms with E-state index < -0.39 is 0 Å². The second-order valence-electron chi connectivity index (χ2n) is 1.10. The zero-order valence-electron chi connectivity index (χ0n) is 4.33. The fourth-order valence-electron chi connectivity index (χ4n) is 0.301. The number of rotatable bonds is 1. The van der Waals surface area contributed by atoms with Crippen LogP contribution in [-0.2, 0) is 0 Å². The average Bonchev–Trinajstić information content (AvgIpc) is 1.90. The molecule has 41 valence electrons. The summed E-state index contributed by atoms with van der Waals surface area (Å²) in [5, 5.41) is 6.85. The van der Waals surface area contributed by atoms with Crippen molar-refractivity contribution in [2.75, 3.05) is 7.11 Å². The third-order valence-corrected chi connectivity index (χ3v) is 0.635. The predicted octanol–water partition coefficient (Wildman–Crippen LogP) is -0.320. The van der Waals surface area contributed by atoms with Crippen LogP contribution in [0.3, 0.4) is 0 Å². The maximum absolute atomic E-state index is 4.66. The minimum atomic E-state index is 0.406. The molecule has 0 amide bonds. The fourth-order valence-corrected chi connectivity index (χ4v) is 0.301. The van der Waals surface area contributed by atoms with Gasteiger partial charge in [-0.2, -0.15) is 0 Å². The van der Waals surface area contributed by atoms with Gasteiger partial charge in [-0.25, -0.2) is 4.98 Å². The molecule has 1 rings (SSSR count). The predicted molar refractivity (Wildman–Crippen MR) is 25.2 cm³/mol. The van der Waals surface area contributed by atoms with Gasteiger partial charge in [-0.3, -0.25) is 0 Å². The van der Waals surface area contributed by atoms with E-state index in [1.54, 1.807) is 0 Å². The standard InChI is InChI=1S/C4H4N3O/c1-8-4-2-5-3-6-7-4/h2H,1H3. The van der Waals surface area contributed by atoms with Gasteiger partial charge in [0.25, 0.3) is 5.88 Å². The van der Waals surface area contributed by atoms with Crippen LogP contribution in [0.1, 0.15) is 0 Å². The molecule has 0 aliphatic rings. The third-order valence-electron chi connectivity index (χ3n) is 0.635. The van der Waals surface area contributed by atoms with Crippen LogP contribution in [0, 0.1) is 6.33 Å². The number of hydrogen-bond donors (Lipinski definition) is 0. The first kappa shape index (κ1) is 4.96. The molecule has 4 heteroatoms. The van der Waals surface area contributed by atoms with Gasteiger partial charge in [0.2, 0.25) is 6.33 Å². The zero-order valence-corrected chi connectivity index (χ0v) is 4.33. The van der Waals surface area contributed by atoms with E-state index in [1.807, 2.05) is 0 Å². The molecule has 1 heterocycles. The van der Waals surface area contributed by atoms with E-state index in [9.17, 15) is 0 Å². The second kappa shape index (κ2) is 2.20. The molecule has 0 fully saturated rings. The first-order valence-electron chi connectivity index (χ1n) is 2.03. The summed E-state index contributed by atoms with van der Waals surface area (Å²) in [6.45, 7) is 0. The minimum absolute atomic E-state index is 0.406. The van der Waals surface area contributed by atoms with Crippen molar-refractivity contribution in [3.8, 4) is 5.88 Å². The van der Waals surface area contributed by atoms with E-state index in [0.29, 0.717) is 5.88 Å². The van der Waals surface area contributed by atoms with Crippen molar-refractivity contribution < 1.29 is 4.74 Å². The molecule has 0 saturated heterocycles. The molecule has 0 saturated carbocycles. The Morgan fingerprint density at radius 3 is 3.00 bits per heavy atom. The molecule has 0 spiro atoms. The zero-order chi connectivity index (χ0) is 5.82. The summed E-state index contributed by atoms with van der Waals surface area (Å²) in [6, 6.07) is 0. The van der Waals surface area contributed by atoms with Crippen molar-refractivity contribution in [1.29, 1.82) is 0 Å². The molecule has 0 unspecified atom stereocenters. The van der Waals surface area contributed by atoms with Gasteiger partial charge in [0.05, 0.1) is 13.3 Å². The van der Waals surface area contributed by atoms with Crippen LogP contribution in [0.15, 0.2) is 6.20 Å². The molecule has 0 aliphatic carbocycles. The molecular formula is C4H4N3O. The Hall–Kier alpha value is -1.19. The quantitative estimate of drug-likeness (QED) is 0.497. The Balaban J connectivity index is 2.83. The summed E-state index contributed by atoms with van der Waals surface area (Å²) in [5.41, 5.74) is 0. The van der Waals surface area contributed by atoms with Crippen LogP contribution >= 0.6 is 0 Å². The van der Waals surface area contributed by atoms with Gasteiger partial charge in [-0.1, -0.05) is 0 Å². The van der Waals surface area contributed by atoms with Gasteiger partial charge in [0.15, 0.2) is 0 Å². The summed E-state index contributed by atoms with van der Waals surface area (Å²) in [7, 11) is 1.51. The largest absolute Gasteiger partial charge is 0.479 e. The van der Waals surface area contributed by atoms with Gasteiger partial charge in [0, 0.05) is 0 Å². The summed E-state index contributed by atoms with van der Waals surface area (Å²) < 4.78 is 4.66. The van der Waals surface area contributed by atoms with Gasteiger partial charge >= 0.3 is 0 Å². The third kappa shape index (κ3) is 0.900. The molecule has 1 aromatic rings. The summed E-state index contributed by atoms with van der Waals surface area (Å²) >= 11 is 0. The molecule has 0 aromatic carbocycles. The van der Waals surface area contributed by atoms with E-state index in [-0.39, 0.29) is 0 Å². The van der Waals surface area contributed by atoms with Gasteiger partial charge in [-0.15, -0.1) is 10.2 Å². The molecular weight excluding hydrogens is 106 g/mol. The van der Waals surface area contributed by atoms with Crippen LogP contribution in [0.2, 0.25) is 0 Å². The van der Waals surface area contributed by atoms with Crippen molar-refractivity contribution in [3.63, 3.8) is 0 Å². The van der Waals surface area contributed by atoms with E-state index in [1.165, 1.54) is 13.3 Å². The SMILES string of the molecule is COc1cn[c]nn1. The van der Waals surface area contributed by atoms with E-state index >= 15 is 0 Å². The topological polar surface area (TPSA) is 47.9 Å². The van der Waals surface area contributed by atoms with E-state index in [4.69, 9.17) is 0 Å². The van der Waals surface area contributed by atoms with Crippen molar-refractivity contribution in [2.45, 2.75) is 0 Å². The molecule has 1 radical (unpaired) electrons. The Morgan fingerprint density at radius 1 is 1.75 bits per heavy atom. The summed E-state index contributed by atoms with van der Waals surface area (Å²) in [6.07, 6.45) is 3.71. The van der Waals surface area contributed by atoms with Crippen LogP contribution in [0.5, 0.6) is 5.88 Å². The van der Waals surface area contributed by atoms with Crippen LogP contribution in [-0.4, -0.2) is 22.3 Å². The summed E-state index contributed by atoms with van der Waals surface area (Å²) in [4.78, 5) is 3.53. The number of ether oxygens (including phenoxy) is 1. The Bertz CT molecular complexity index is 153. The van der Waals surface area contributed by atoms with Crippen molar-refractivity contribution in [3.05, 3.63) is 12.5 Å². The number of hydrogen-bond acceptors (Lipinski definition) is 4. The lowest BCUT2D eigenvalue weighted by Crippen LogP contribution is -1.89. The highest BCUT2D eigenvalue weighted by molar-refractivity contribution is 4.96. The molecule has 1 aromatic heterocycles. The monoisotopic (exact) mass is 110 g/mol. The highest BCUT2D eigenvalue weighted by atomic mass is 16.5. The van der Waals surface area contributed by atoms with Gasteiger partial charge in [-0.05, 0) is 0 Å². The Kier molecular flexibility index (Phi) is 1.37. The number of methoxy groups -OCH3 is 1. The molecule has 0 aliphatic heterocycles. The lowest BCUT2D eigenvalue weighted by molar-refractivity contribution is 0.389. The summed E-state index contributed by atoms with van der Waals surface area (Å²) in [5.74, 6) is 0.406. The normalized spacial score (nSPS) is 8.62. The lowest BCUT2D eigenvalue weighted by Gasteiger charge is -1.89. The highest BCUT2D eigenvalue weighted by Gasteiger charge is 1.85. The first-order valence-corrected chi connectivity index (χ1v) is 2.03. The van der Waals surface area contributed by atoms with Crippen LogP contribution in [0.25, 0.3) is 0 Å². The van der Waals surface area contributed by atoms with Crippen LogP contribution in [0.4, 0.5) is 0 Å². The second-order valence-corrected chi connectivity index (χ2v) is 1.10. The molecule has 0 N–H and O–H groups in total.